The summed E-state index contributed by atoms with van der Waals surface area (Å²) >= 11 is 0. The highest BCUT2D eigenvalue weighted by molar-refractivity contribution is 6.08. The second-order valence-corrected chi connectivity index (χ2v) is 9.96. The first-order valence-corrected chi connectivity index (χ1v) is 12.5. The maximum absolute atomic E-state index is 13.9. The number of aromatic nitrogens is 1. The molecule has 2 heterocycles. The molecule has 0 fully saturated rings. The fourth-order valence-electron chi connectivity index (χ4n) is 4.22. The molecule has 2 amide bonds. The number of carbonyl (C=O) groups is 2. The van der Waals surface area contributed by atoms with E-state index in [1.807, 2.05) is 33.8 Å². The van der Waals surface area contributed by atoms with Crippen LogP contribution in [-0.2, 0) is 4.79 Å². The molecule has 7 nitrogen and oxygen atoms in total. The lowest BCUT2D eigenvalue weighted by Gasteiger charge is -2.32. The van der Waals surface area contributed by atoms with E-state index in [2.05, 4.69) is 22.5 Å². The minimum Gasteiger partial charge on any atom is -0.488 e. The summed E-state index contributed by atoms with van der Waals surface area (Å²) in [6.45, 7) is 7.84. The van der Waals surface area contributed by atoms with Gasteiger partial charge in [0.1, 0.15) is 17.4 Å². The summed E-state index contributed by atoms with van der Waals surface area (Å²) in [6, 6.07) is 12.7. The van der Waals surface area contributed by atoms with Gasteiger partial charge in [-0.3, -0.25) is 19.5 Å². The number of rotatable bonds is 8. The zero-order valence-corrected chi connectivity index (χ0v) is 21.7. The number of hydrogen-bond acceptors (Lipinski definition) is 5. The van der Waals surface area contributed by atoms with Crippen molar-refractivity contribution in [2.75, 3.05) is 4.90 Å². The Morgan fingerprint density at radius 1 is 1.08 bits per heavy atom. The van der Waals surface area contributed by atoms with E-state index in [1.165, 1.54) is 11.2 Å². The first-order chi connectivity index (χ1) is 17.7. The number of benzene rings is 1. The third kappa shape index (κ3) is 6.55. The van der Waals surface area contributed by atoms with Gasteiger partial charge in [-0.05, 0) is 88.6 Å². The standard InChI is InChI=1S/C30H33N3O4/c1-21(22-10-6-5-7-11-22)32-28(34)27(23-12-8-18-31-20-23)33(29(35)26-13-9-19-36-26)24-14-16-25(17-15-24)37-30(2,3)4/h6,8-21,27H,5,7H2,1-4H3,(H,32,34)/t21-,27?/m0/s1. The number of allylic oxidation sites excluding steroid dienone is 2. The molecule has 0 saturated carbocycles. The molecular formula is C30H33N3O4. The summed E-state index contributed by atoms with van der Waals surface area (Å²) in [5.41, 5.74) is 1.77. The molecule has 0 saturated heterocycles. The Bertz CT molecular complexity index is 1260. The van der Waals surface area contributed by atoms with Gasteiger partial charge in [0.25, 0.3) is 5.91 Å². The lowest BCUT2D eigenvalue weighted by atomic mass is 9.99. The van der Waals surface area contributed by atoms with E-state index in [0.29, 0.717) is 17.0 Å². The molecule has 37 heavy (non-hydrogen) atoms. The minimum absolute atomic E-state index is 0.127. The van der Waals surface area contributed by atoms with E-state index in [4.69, 9.17) is 9.15 Å². The van der Waals surface area contributed by atoms with Crippen molar-refractivity contribution in [3.63, 3.8) is 0 Å². The Labute approximate surface area is 217 Å². The lowest BCUT2D eigenvalue weighted by Crippen LogP contribution is -2.46. The molecule has 2 aromatic heterocycles. The second-order valence-electron chi connectivity index (χ2n) is 9.96. The van der Waals surface area contributed by atoms with Crippen LogP contribution in [0.3, 0.4) is 0 Å². The Morgan fingerprint density at radius 3 is 2.46 bits per heavy atom. The maximum Gasteiger partial charge on any atom is 0.294 e. The van der Waals surface area contributed by atoms with Crippen LogP contribution in [0.4, 0.5) is 5.69 Å². The lowest BCUT2D eigenvalue weighted by molar-refractivity contribution is -0.122. The fourth-order valence-corrected chi connectivity index (χ4v) is 4.22. The highest BCUT2D eigenvalue weighted by Crippen LogP contribution is 2.32. The average molecular weight is 500 g/mol. The van der Waals surface area contributed by atoms with E-state index in [1.54, 1.807) is 60.9 Å². The van der Waals surface area contributed by atoms with Crippen LogP contribution < -0.4 is 15.0 Å². The van der Waals surface area contributed by atoms with Crippen molar-refractivity contribution < 1.29 is 18.7 Å². The smallest absolute Gasteiger partial charge is 0.294 e. The zero-order chi connectivity index (χ0) is 26.4. The summed E-state index contributed by atoms with van der Waals surface area (Å²) in [5.74, 6) is 0.0228. The van der Waals surface area contributed by atoms with Crippen molar-refractivity contribution in [1.29, 1.82) is 0 Å². The van der Waals surface area contributed by atoms with Gasteiger partial charge in [0.2, 0.25) is 5.91 Å². The number of anilines is 1. The normalized spacial score (nSPS) is 14.9. The third-order valence-corrected chi connectivity index (χ3v) is 5.88. The Kier molecular flexibility index (Phi) is 7.92. The third-order valence-electron chi connectivity index (χ3n) is 5.88. The summed E-state index contributed by atoms with van der Waals surface area (Å²) < 4.78 is 11.4. The molecule has 1 aliphatic carbocycles. The van der Waals surface area contributed by atoms with Gasteiger partial charge in [0.15, 0.2) is 5.76 Å². The van der Waals surface area contributed by atoms with Gasteiger partial charge in [0, 0.05) is 23.6 Å². The van der Waals surface area contributed by atoms with E-state index in [-0.39, 0.29) is 23.3 Å². The first-order valence-electron chi connectivity index (χ1n) is 12.5. The second kappa shape index (κ2) is 11.3. The van der Waals surface area contributed by atoms with Crippen LogP contribution in [0.2, 0.25) is 0 Å². The van der Waals surface area contributed by atoms with Crippen molar-refractivity contribution >= 4 is 17.5 Å². The summed E-state index contributed by atoms with van der Waals surface area (Å²) in [5, 5.41) is 3.11. The van der Waals surface area contributed by atoms with Gasteiger partial charge in [-0.2, -0.15) is 0 Å². The molecule has 0 aliphatic heterocycles. The van der Waals surface area contributed by atoms with Gasteiger partial charge >= 0.3 is 0 Å². The molecule has 3 aromatic rings. The van der Waals surface area contributed by atoms with Crippen molar-refractivity contribution in [3.8, 4) is 5.75 Å². The summed E-state index contributed by atoms with van der Waals surface area (Å²) in [6.07, 6.45) is 12.9. The molecule has 7 heteroatoms. The molecule has 192 valence electrons. The van der Waals surface area contributed by atoms with E-state index in [9.17, 15) is 9.59 Å². The van der Waals surface area contributed by atoms with Gasteiger partial charge < -0.3 is 14.5 Å². The quantitative estimate of drug-likeness (QED) is 0.410. The van der Waals surface area contributed by atoms with Crippen LogP contribution in [0.25, 0.3) is 0 Å². The molecule has 1 aliphatic rings. The van der Waals surface area contributed by atoms with Crippen LogP contribution in [0.15, 0.2) is 95.4 Å². The molecule has 2 atom stereocenters. The summed E-state index contributed by atoms with van der Waals surface area (Å²) in [7, 11) is 0. The van der Waals surface area contributed by atoms with Gasteiger partial charge in [0.05, 0.1) is 12.3 Å². The molecule has 1 aromatic carbocycles. The highest BCUT2D eigenvalue weighted by Gasteiger charge is 2.35. The number of nitrogens with one attached hydrogen (secondary N) is 1. The molecular weight excluding hydrogens is 466 g/mol. The molecule has 4 rings (SSSR count). The monoisotopic (exact) mass is 499 g/mol. The maximum atomic E-state index is 13.9. The van der Waals surface area contributed by atoms with Crippen molar-refractivity contribution in [2.45, 2.75) is 58.2 Å². The van der Waals surface area contributed by atoms with E-state index in [0.717, 1.165) is 18.4 Å². The summed E-state index contributed by atoms with van der Waals surface area (Å²) in [4.78, 5) is 33.4. The van der Waals surface area contributed by atoms with Gasteiger partial charge in [-0.25, -0.2) is 0 Å². The predicted molar refractivity (Wildman–Crippen MR) is 143 cm³/mol. The zero-order valence-electron chi connectivity index (χ0n) is 21.7. The van der Waals surface area contributed by atoms with E-state index >= 15 is 0 Å². The minimum atomic E-state index is -0.990. The molecule has 1 unspecified atom stereocenters. The molecule has 0 radical (unpaired) electrons. The number of hydrogen-bond donors (Lipinski definition) is 1. The average Bonchev–Trinajstić information content (AvgIpc) is 3.43. The highest BCUT2D eigenvalue weighted by atomic mass is 16.5. The van der Waals surface area contributed by atoms with Crippen LogP contribution in [0.5, 0.6) is 5.75 Å². The number of nitrogens with zero attached hydrogens (tertiary/aromatic N) is 2. The van der Waals surface area contributed by atoms with E-state index < -0.39 is 11.9 Å². The van der Waals surface area contributed by atoms with Gasteiger partial charge in [-0.15, -0.1) is 0 Å². The van der Waals surface area contributed by atoms with Crippen LogP contribution in [-0.4, -0.2) is 28.4 Å². The fraction of sp³-hybridized carbons (Fsp3) is 0.300. The number of amides is 2. The Balaban J connectivity index is 1.74. The number of pyridine rings is 1. The molecule has 1 N–H and O–H groups in total. The predicted octanol–water partition coefficient (Wildman–Crippen LogP) is 6.02. The largest absolute Gasteiger partial charge is 0.488 e. The SMILES string of the molecule is C[C@H](NC(=O)C(c1cccnc1)N(C(=O)c1ccco1)c1ccc(OC(C)(C)C)cc1)C1=CCCC=C1. The van der Waals surface area contributed by atoms with Crippen molar-refractivity contribution in [3.05, 3.63) is 102 Å². The van der Waals surface area contributed by atoms with Gasteiger partial charge in [-0.1, -0.05) is 24.3 Å². The number of furan rings is 1. The molecule has 0 spiro atoms. The van der Waals surface area contributed by atoms with Crippen LogP contribution in [0.1, 0.15) is 62.7 Å². The number of ether oxygens (including phenoxy) is 1. The van der Waals surface area contributed by atoms with Crippen molar-refractivity contribution in [1.82, 2.24) is 10.3 Å². The number of carbonyl (C=O) groups excluding carboxylic acids is 2. The molecule has 0 bridgehead atoms. The topological polar surface area (TPSA) is 84.7 Å². The Hall–Kier alpha value is -4.13. The van der Waals surface area contributed by atoms with Crippen LogP contribution >= 0.6 is 0 Å². The Morgan fingerprint density at radius 2 is 1.86 bits per heavy atom. The van der Waals surface area contributed by atoms with Crippen LogP contribution in [0, 0.1) is 0 Å². The van der Waals surface area contributed by atoms with Crippen molar-refractivity contribution in [2.24, 2.45) is 0 Å². The first kappa shape index (κ1) is 25.9.